The second-order valence-electron chi connectivity index (χ2n) is 3.35. The zero-order chi connectivity index (χ0) is 11.3. The summed E-state index contributed by atoms with van der Waals surface area (Å²) in [7, 11) is 1.61. The second-order valence-corrected chi connectivity index (χ2v) is 3.35. The molecule has 0 saturated heterocycles. The first-order valence-electron chi connectivity index (χ1n) is 4.74. The molecule has 0 aliphatic carbocycles. The number of nitrogens with one attached hydrogen (secondary N) is 1. The molecular formula is C11H16N2O2. The molecule has 3 N–H and O–H groups in total. The van der Waals surface area contributed by atoms with Gasteiger partial charge in [-0.15, -0.1) is 0 Å². The van der Waals surface area contributed by atoms with E-state index in [-0.39, 0.29) is 11.8 Å². The predicted molar refractivity (Wildman–Crippen MR) is 59.6 cm³/mol. The van der Waals surface area contributed by atoms with Gasteiger partial charge in [0.15, 0.2) is 0 Å². The van der Waals surface area contributed by atoms with Crippen LogP contribution in [0.5, 0.6) is 11.5 Å². The number of methoxy groups -OCH3 is 1. The van der Waals surface area contributed by atoms with Crippen LogP contribution in [-0.2, 0) is 0 Å². The number of amidine groups is 1. The van der Waals surface area contributed by atoms with E-state index in [2.05, 4.69) is 0 Å². The Morgan fingerprint density at radius 3 is 2.73 bits per heavy atom. The van der Waals surface area contributed by atoms with Crippen molar-refractivity contribution >= 4 is 5.84 Å². The van der Waals surface area contributed by atoms with Crippen molar-refractivity contribution in [1.82, 2.24) is 0 Å². The average Bonchev–Trinajstić information content (AvgIpc) is 2.26. The highest BCUT2D eigenvalue weighted by molar-refractivity contribution is 5.79. The molecule has 1 aromatic rings. The van der Waals surface area contributed by atoms with Crippen LogP contribution in [0.3, 0.4) is 0 Å². The second kappa shape index (κ2) is 5.24. The van der Waals surface area contributed by atoms with Crippen LogP contribution in [0, 0.1) is 11.3 Å². The van der Waals surface area contributed by atoms with Crippen molar-refractivity contribution in [2.45, 2.75) is 6.92 Å². The summed E-state index contributed by atoms with van der Waals surface area (Å²) >= 11 is 0. The zero-order valence-corrected chi connectivity index (χ0v) is 8.99. The Morgan fingerprint density at radius 1 is 1.47 bits per heavy atom. The zero-order valence-electron chi connectivity index (χ0n) is 8.99. The van der Waals surface area contributed by atoms with Gasteiger partial charge in [0.05, 0.1) is 19.6 Å². The molecule has 1 unspecified atom stereocenters. The van der Waals surface area contributed by atoms with Crippen LogP contribution in [0.15, 0.2) is 24.3 Å². The van der Waals surface area contributed by atoms with Crippen LogP contribution >= 0.6 is 0 Å². The summed E-state index contributed by atoms with van der Waals surface area (Å²) < 4.78 is 10.5. The number of ether oxygens (including phenoxy) is 2. The Bertz CT molecular complexity index is 339. The fourth-order valence-corrected chi connectivity index (χ4v) is 1.00. The normalized spacial score (nSPS) is 11.9. The van der Waals surface area contributed by atoms with Crippen molar-refractivity contribution in [3.8, 4) is 11.5 Å². The SMILES string of the molecule is COc1cccc(OCC(C)C(=N)N)c1. The van der Waals surface area contributed by atoms with Gasteiger partial charge in [0.25, 0.3) is 0 Å². The minimum atomic E-state index is -0.0730. The number of hydrogen-bond donors (Lipinski definition) is 2. The van der Waals surface area contributed by atoms with Gasteiger partial charge in [0, 0.05) is 12.0 Å². The predicted octanol–water partition coefficient (Wildman–Crippen LogP) is 1.65. The molecule has 4 nitrogen and oxygen atoms in total. The Kier molecular flexibility index (Phi) is 3.97. The van der Waals surface area contributed by atoms with E-state index in [1.54, 1.807) is 13.2 Å². The molecule has 0 radical (unpaired) electrons. The van der Waals surface area contributed by atoms with Crippen molar-refractivity contribution in [2.75, 3.05) is 13.7 Å². The largest absolute Gasteiger partial charge is 0.497 e. The van der Waals surface area contributed by atoms with Crippen molar-refractivity contribution in [2.24, 2.45) is 11.7 Å². The lowest BCUT2D eigenvalue weighted by Gasteiger charge is -2.11. The summed E-state index contributed by atoms with van der Waals surface area (Å²) in [6.07, 6.45) is 0. The maximum atomic E-state index is 7.22. The maximum absolute atomic E-state index is 7.22. The fraction of sp³-hybridized carbons (Fsp3) is 0.364. The molecule has 0 saturated carbocycles. The Morgan fingerprint density at radius 2 is 2.13 bits per heavy atom. The summed E-state index contributed by atoms with van der Waals surface area (Å²) in [5.41, 5.74) is 5.33. The molecule has 15 heavy (non-hydrogen) atoms. The highest BCUT2D eigenvalue weighted by Gasteiger charge is 2.06. The molecule has 0 spiro atoms. The van der Waals surface area contributed by atoms with Gasteiger partial charge < -0.3 is 15.2 Å². The van der Waals surface area contributed by atoms with Gasteiger partial charge in [-0.05, 0) is 12.1 Å². The summed E-state index contributed by atoms with van der Waals surface area (Å²) in [6.45, 7) is 2.25. The van der Waals surface area contributed by atoms with E-state index in [1.165, 1.54) is 0 Å². The lowest BCUT2D eigenvalue weighted by molar-refractivity contribution is 0.290. The third-order valence-corrected chi connectivity index (χ3v) is 2.07. The highest BCUT2D eigenvalue weighted by atomic mass is 16.5. The van der Waals surface area contributed by atoms with Gasteiger partial charge in [-0.3, -0.25) is 5.41 Å². The molecule has 4 heteroatoms. The first-order chi connectivity index (χ1) is 7.13. The summed E-state index contributed by atoms with van der Waals surface area (Å²) in [4.78, 5) is 0. The number of benzene rings is 1. The van der Waals surface area contributed by atoms with E-state index < -0.39 is 0 Å². The first kappa shape index (κ1) is 11.4. The lowest BCUT2D eigenvalue weighted by atomic mass is 10.2. The molecule has 0 aromatic heterocycles. The van der Waals surface area contributed by atoms with Gasteiger partial charge in [-0.25, -0.2) is 0 Å². The van der Waals surface area contributed by atoms with Gasteiger partial charge in [0.2, 0.25) is 0 Å². The summed E-state index contributed by atoms with van der Waals surface area (Å²) in [5.74, 6) is 1.54. The van der Waals surface area contributed by atoms with Crippen LogP contribution in [0.4, 0.5) is 0 Å². The molecule has 1 atom stereocenters. The van der Waals surface area contributed by atoms with E-state index >= 15 is 0 Å². The van der Waals surface area contributed by atoms with Gasteiger partial charge in [-0.1, -0.05) is 13.0 Å². The van der Waals surface area contributed by atoms with Gasteiger partial charge in [-0.2, -0.15) is 0 Å². The molecule has 0 fully saturated rings. The standard InChI is InChI=1S/C11H16N2O2/c1-8(11(12)13)7-15-10-5-3-4-9(6-10)14-2/h3-6,8H,7H2,1-2H3,(H3,12,13). The van der Waals surface area contributed by atoms with Crippen molar-refractivity contribution < 1.29 is 9.47 Å². The van der Waals surface area contributed by atoms with Crippen LogP contribution in [-0.4, -0.2) is 19.6 Å². The van der Waals surface area contributed by atoms with E-state index in [1.807, 2.05) is 25.1 Å². The quantitative estimate of drug-likeness (QED) is 0.571. The van der Waals surface area contributed by atoms with E-state index in [4.69, 9.17) is 20.6 Å². The van der Waals surface area contributed by atoms with E-state index in [9.17, 15) is 0 Å². The van der Waals surface area contributed by atoms with Crippen LogP contribution in [0.2, 0.25) is 0 Å². The van der Waals surface area contributed by atoms with Gasteiger partial charge >= 0.3 is 0 Å². The lowest BCUT2D eigenvalue weighted by Crippen LogP contribution is -2.25. The van der Waals surface area contributed by atoms with Crippen LogP contribution in [0.25, 0.3) is 0 Å². The van der Waals surface area contributed by atoms with Crippen molar-refractivity contribution in [3.05, 3.63) is 24.3 Å². The van der Waals surface area contributed by atoms with Gasteiger partial charge in [0.1, 0.15) is 11.5 Å². The molecule has 0 bridgehead atoms. The minimum Gasteiger partial charge on any atom is -0.497 e. The first-order valence-corrected chi connectivity index (χ1v) is 4.74. The molecule has 0 amide bonds. The number of hydrogen-bond acceptors (Lipinski definition) is 3. The average molecular weight is 208 g/mol. The molecule has 1 rings (SSSR count). The molecule has 0 aliphatic rings. The minimum absolute atomic E-state index is 0.0730. The third-order valence-electron chi connectivity index (χ3n) is 2.07. The van der Waals surface area contributed by atoms with E-state index in [0.29, 0.717) is 6.61 Å². The highest BCUT2D eigenvalue weighted by Crippen LogP contribution is 2.19. The molecule has 0 heterocycles. The summed E-state index contributed by atoms with van der Waals surface area (Å²) in [6, 6.07) is 7.34. The maximum Gasteiger partial charge on any atom is 0.123 e. The Balaban J connectivity index is 2.53. The van der Waals surface area contributed by atoms with Crippen LogP contribution in [0.1, 0.15) is 6.92 Å². The summed E-state index contributed by atoms with van der Waals surface area (Å²) in [5, 5.41) is 7.22. The van der Waals surface area contributed by atoms with Crippen molar-refractivity contribution in [1.29, 1.82) is 5.41 Å². The molecule has 0 aliphatic heterocycles. The Labute approximate surface area is 89.5 Å². The number of rotatable bonds is 5. The topological polar surface area (TPSA) is 68.3 Å². The smallest absolute Gasteiger partial charge is 0.123 e. The Hall–Kier alpha value is -1.71. The van der Waals surface area contributed by atoms with Crippen LogP contribution < -0.4 is 15.2 Å². The monoisotopic (exact) mass is 208 g/mol. The molecule has 82 valence electrons. The molecule has 1 aromatic carbocycles. The molecular weight excluding hydrogens is 192 g/mol. The van der Waals surface area contributed by atoms with E-state index in [0.717, 1.165) is 11.5 Å². The number of nitrogens with two attached hydrogens (primary N) is 1. The fourth-order valence-electron chi connectivity index (χ4n) is 1.00. The third kappa shape index (κ3) is 3.50. The van der Waals surface area contributed by atoms with Crippen molar-refractivity contribution in [3.63, 3.8) is 0 Å².